The second-order valence-corrected chi connectivity index (χ2v) is 19.3. The minimum absolute atomic E-state index is 0.0686. The summed E-state index contributed by atoms with van der Waals surface area (Å²) in [5, 5.41) is 12.8. The maximum absolute atomic E-state index is 14.0. The largest absolute Gasteiger partial charge is 0.382 e. The highest BCUT2D eigenvalue weighted by molar-refractivity contribution is 6.31. The van der Waals surface area contributed by atoms with Crippen LogP contribution in [-0.4, -0.2) is 153 Å². The first-order chi connectivity index (χ1) is 35.6. The van der Waals surface area contributed by atoms with Crippen LogP contribution in [0.25, 0.3) is 43.6 Å². The minimum Gasteiger partial charge on any atom is -0.382 e. The molecule has 0 radical (unpaired) electrons. The topological polar surface area (TPSA) is 202 Å². The number of para-hydroxylation sites is 2. The predicted molar refractivity (Wildman–Crippen MR) is 269 cm³/mol. The van der Waals surface area contributed by atoms with Gasteiger partial charge < -0.3 is 62.7 Å². The lowest BCUT2D eigenvalue weighted by Crippen LogP contribution is -2.61. The normalized spacial score (nSPS) is 22.2. The number of benzene rings is 4. The molecule has 2 aromatic heterocycles. The first-order valence-corrected chi connectivity index (χ1v) is 25.2. The Morgan fingerprint density at radius 1 is 0.795 bits per heavy atom. The highest BCUT2D eigenvalue weighted by Crippen LogP contribution is 2.54. The molecule has 5 aliphatic rings. The van der Waals surface area contributed by atoms with E-state index in [0.29, 0.717) is 97.5 Å². The number of carbonyl (C=O) groups excluding carboxylic acids is 5. The smallest absolute Gasteiger partial charge is 0.255 e. The lowest BCUT2D eigenvalue weighted by molar-refractivity contribution is -0.266. The highest BCUT2D eigenvalue weighted by atomic mass is 16.6. The van der Waals surface area contributed by atoms with Crippen molar-refractivity contribution in [3.05, 3.63) is 89.0 Å². The van der Waals surface area contributed by atoms with Crippen LogP contribution in [-0.2, 0) is 66.4 Å². The van der Waals surface area contributed by atoms with Crippen LogP contribution in [0.4, 0.5) is 5.69 Å². The second-order valence-electron chi connectivity index (χ2n) is 19.3. The summed E-state index contributed by atoms with van der Waals surface area (Å²) >= 11 is 0. The van der Waals surface area contributed by atoms with Crippen LogP contribution < -0.4 is 16.0 Å². The molecule has 4 aromatic carbocycles. The summed E-state index contributed by atoms with van der Waals surface area (Å²) in [4.78, 5) is 68.1. The minimum atomic E-state index is -1.04. The number of nitrogens with one attached hydrogen (secondary N) is 3. The van der Waals surface area contributed by atoms with Gasteiger partial charge in [0.25, 0.3) is 11.8 Å². The van der Waals surface area contributed by atoms with Crippen LogP contribution >= 0.6 is 0 Å². The van der Waals surface area contributed by atoms with E-state index in [1.165, 1.54) is 4.90 Å². The van der Waals surface area contributed by atoms with Gasteiger partial charge in [0, 0.05) is 85.0 Å². The fraction of sp³-hybridized carbons (Fsp3) is 0.463. The van der Waals surface area contributed by atoms with Gasteiger partial charge in [0.1, 0.15) is 18.4 Å². The molecule has 3 N–H and O–H groups in total. The average Bonchev–Trinajstić information content (AvgIpc) is 4.13. The molecule has 5 amide bonds. The SMILES string of the molecule is CO[C@@H]1[C@H](N(C)C(=O)CCOCCOCCOCCOCCOCCNc2cccc3c2CN(C2CCC(=O)NC2=O)C3=O)C[C@H]2O[C@]1(C)n1c3ccccc3c3c4c(c5c6ccccc6n2c5c31)C(=O)NC4. The molecule has 7 heterocycles. The molecule has 0 saturated carbocycles. The molecular formula is C54H61N7O12. The summed E-state index contributed by atoms with van der Waals surface area (Å²) in [6.45, 7) is 7.12. The van der Waals surface area contributed by atoms with Crippen molar-refractivity contribution < 1.29 is 57.1 Å². The number of fused-ring (bicyclic) bond motifs is 14. The molecule has 19 nitrogen and oxygen atoms in total. The molecule has 1 unspecified atom stereocenters. The van der Waals surface area contributed by atoms with Gasteiger partial charge in [-0.3, -0.25) is 29.3 Å². The number of likely N-dealkylation sites (N-methyl/N-ethyl adjacent to an activating group) is 1. The van der Waals surface area contributed by atoms with E-state index in [1.54, 1.807) is 18.1 Å². The molecule has 0 aliphatic carbocycles. The molecule has 19 heteroatoms. The molecule has 5 atom stereocenters. The molecule has 5 aliphatic heterocycles. The van der Waals surface area contributed by atoms with E-state index >= 15 is 0 Å². The Morgan fingerprint density at radius 2 is 1.45 bits per heavy atom. The van der Waals surface area contributed by atoms with Gasteiger partial charge in [-0.1, -0.05) is 42.5 Å². The number of hydrogen-bond donors (Lipinski definition) is 3. The number of imide groups is 1. The number of piperidine rings is 1. The van der Waals surface area contributed by atoms with E-state index in [4.69, 9.17) is 33.2 Å². The quantitative estimate of drug-likeness (QED) is 0.0611. The Kier molecular flexibility index (Phi) is 13.7. The Balaban J connectivity index is 0.597. The zero-order chi connectivity index (χ0) is 50.4. The Labute approximate surface area is 421 Å². The van der Waals surface area contributed by atoms with Crippen molar-refractivity contribution in [2.24, 2.45) is 0 Å². The number of hydrogen-bond acceptors (Lipinski definition) is 13. The summed E-state index contributed by atoms with van der Waals surface area (Å²) < 4.78 is 46.8. The molecular weight excluding hydrogens is 939 g/mol. The number of aromatic nitrogens is 2. The third-order valence-corrected chi connectivity index (χ3v) is 15.2. The first kappa shape index (κ1) is 48.8. The number of ether oxygens (including phenoxy) is 7. The maximum Gasteiger partial charge on any atom is 0.255 e. The lowest BCUT2D eigenvalue weighted by atomic mass is 9.91. The van der Waals surface area contributed by atoms with Crippen LogP contribution in [0.2, 0.25) is 0 Å². The van der Waals surface area contributed by atoms with E-state index in [0.717, 1.165) is 66.0 Å². The molecule has 2 fully saturated rings. The van der Waals surface area contributed by atoms with Crippen LogP contribution in [0.3, 0.4) is 0 Å². The number of anilines is 1. The number of amides is 5. The van der Waals surface area contributed by atoms with Crippen LogP contribution in [0, 0.1) is 0 Å². The van der Waals surface area contributed by atoms with Crippen molar-refractivity contribution in [3.63, 3.8) is 0 Å². The molecule has 11 rings (SSSR count). The van der Waals surface area contributed by atoms with Crippen LogP contribution in [0.1, 0.15) is 70.7 Å². The fourth-order valence-corrected chi connectivity index (χ4v) is 11.9. The van der Waals surface area contributed by atoms with E-state index in [1.807, 2.05) is 43.4 Å². The molecule has 0 spiro atoms. The van der Waals surface area contributed by atoms with Crippen LogP contribution in [0.5, 0.6) is 0 Å². The van der Waals surface area contributed by atoms with Crippen molar-refractivity contribution in [2.75, 3.05) is 92.1 Å². The third-order valence-electron chi connectivity index (χ3n) is 15.2. The second kappa shape index (κ2) is 20.5. The summed E-state index contributed by atoms with van der Waals surface area (Å²) in [5.41, 5.74) is 6.77. The molecule has 2 saturated heterocycles. The summed E-state index contributed by atoms with van der Waals surface area (Å²) in [7, 11) is 3.52. The number of methoxy groups -OCH3 is 1. The Morgan fingerprint density at radius 3 is 2.15 bits per heavy atom. The Bertz CT molecular complexity index is 3150. The van der Waals surface area contributed by atoms with Gasteiger partial charge >= 0.3 is 0 Å². The van der Waals surface area contributed by atoms with Gasteiger partial charge in [-0.2, -0.15) is 0 Å². The molecule has 6 aromatic rings. The van der Waals surface area contributed by atoms with E-state index in [2.05, 4.69) is 56.3 Å². The van der Waals surface area contributed by atoms with Crippen molar-refractivity contribution in [2.45, 2.75) is 75.8 Å². The number of carbonyl (C=O) groups is 5. The van der Waals surface area contributed by atoms with Gasteiger partial charge in [0.15, 0.2) is 5.72 Å². The van der Waals surface area contributed by atoms with Gasteiger partial charge in [-0.25, -0.2) is 0 Å². The predicted octanol–water partition coefficient (Wildman–Crippen LogP) is 4.94. The maximum atomic E-state index is 14.0. The highest BCUT2D eigenvalue weighted by Gasteiger charge is 2.55. The fourth-order valence-electron chi connectivity index (χ4n) is 11.9. The average molecular weight is 1000 g/mol. The molecule has 2 bridgehead atoms. The zero-order valence-electron chi connectivity index (χ0n) is 41.4. The Hall–Kier alpha value is -6.45. The molecule has 73 heavy (non-hydrogen) atoms. The zero-order valence-corrected chi connectivity index (χ0v) is 41.4. The lowest BCUT2D eigenvalue weighted by Gasteiger charge is -2.50. The van der Waals surface area contributed by atoms with Gasteiger partial charge in [-0.15, -0.1) is 0 Å². The molecule has 384 valence electrons. The standard InChI is InChI=1S/C54H61N7O12/c1-54-50(67-3)41(29-44(73-54)60-38-13-6-4-9-33(38)46-47-35(30-56-52(47)65)45-34-10-5-7-14-39(34)61(54)49(45)48(46)60)58(2)43(63)17-19-68-21-23-70-25-27-72-28-26-71-24-22-69-20-18-55-37-12-8-11-32-36(37)31-59(53(32)66)40-15-16-42(62)57-51(40)64/h4-14,40-41,44,50,55H,15-31H2,1-3H3,(H,56,65)(H,57,62,64)/t40?,41-,44-,50-,54+/m1/s1. The van der Waals surface area contributed by atoms with Crippen molar-refractivity contribution in [1.82, 2.24) is 29.6 Å². The van der Waals surface area contributed by atoms with Crippen molar-refractivity contribution in [1.29, 1.82) is 0 Å². The summed E-state index contributed by atoms with van der Waals surface area (Å²) in [6.07, 6.45) is 0.159. The monoisotopic (exact) mass is 999 g/mol. The van der Waals surface area contributed by atoms with Crippen molar-refractivity contribution >= 4 is 78.8 Å². The first-order valence-electron chi connectivity index (χ1n) is 25.2. The van der Waals surface area contributed by atoms with Gasteiger partial charge in [-0.05, 0) is 43.2 Å². The van der Waals surface area contributed by atoms with Crippen molar-refractivity contribution in [3.8, 4) is 0 Å². The van der Waals surface area contributed by atoms with Crippen LogP contribution in [0.15, 0.2) is 66.7 Å². The van der Waals surface area contributed by atoms with E-state index < -0.39 is 30.0 Å². The van der Waals surface area contributed by atoms with Gasteiger partial charge in [0.05, 0.1) is 106 Å². The van der Waals surface area contributed by atoms with E-state index in [-0.39, 0.29) is 49.1 Å². The number of rotatable bonds is 22. The summed E-state index contributed by atoms with van der Waals surface area (Å²) in [5.74, 6) is -1.09. The van der Waals surface area contributed by atoms with E-state index in [9.17, 15) is 24.0 Å². The van der Waals surface area contributed by atoms with Gasteiger partial charge in [0.2, 0.25) is 17.7 Å². The summed E-state index contributed by atoms with van der Waals surface area (Å²) in [6, 6.07) is 20.9. The third kappa shape index (κ3) is 8.59. The number of nitrogens with zero attached hydrogens (tertiary/aromatic N) is 4.